The van der Waals surface area contributed by atoms with Gasteiger partial charge in [-0.25, -0.2) is 0 Å². The second kappa shape index (κ2) is 4.65. The Morgan fingerprint density at radius 2 is 2.31 bits per heavy atom. The van der Waals surface area contributed by atoms with Crippen molar-refractivity contribution >= 4 is 5.97 Å². The molecule has 16 heavy (non-hydrogen) atoms. The Bertz CT molecular complexity index is 387. The van der Waals surface area contributed by atoms with E-state index in [0.717, 1.165) is 17.8 Å². The fraction of sp³-hybridized carbons (Fsp3) is 0.636. The summed E-state index contributed by atoms with van der Waals surface area (Å²) in [6.45, 7) is 3.80. The maximum Gasteiger partial charge on any atom is 0.311 e. The minimum atomic E-state index is -0.918. The molecule has 0 fully saturated rings. The lowest BCUT2D eigenvalue weighted by Crippen LogP contribution is -2.38. The van der Waals surface area contributed by atoms with E-state index in [0.29, 0.717) is 6.42 Å². The van der Waals surface area contributed by atoms with Gasteiger partial charge in [-0.1, -0.05) is 6.92 Å². The number of carbonyl (C=O) groups is 1. The van der Waals surface area contributed by atoms with Crippen LogP contribution in [-0.4, -0.2) is 27.4 Å². The first-order chi connectivity index (χ1) is 7.42. The fourth-order valence-electron chi connectivity index (χ4n) is 1.54. The first kappa shape index (κ1) is 12.7. The average Bonchev–Trinajstić information content (AvgIpc) is 2.59. The molecule has 5 nitrogen and oxygen atoms in total. The van der Waals surface area contributed by atoms with E-state index in [1.165, 1.54) is 0 Å². The molecule has 1 atom stereocenters. The molecular weight excluding hydrogens is 206 g/mol. The number of nitrogens with zero attached hydrogens (tertiary/aromatic N) is 2. The van der Waals surface area contributed by atoms with Crippen LogP contribution in [0.15, 0.2) is 6.07 Å². The minimum absolute atomic E-state index is 0.120. The zero-order valence-electron chi connectivity index (χ0n) is 10.0. The van der Waals surface area contributed by atoms with Crippen LogP contribution in [0.5, 0.6) is 0 Å². The highest BCUT2D eigenvalue weighted by molar-refractivity contribution is 5.74. The number of aliphatic carboxylic acids is 1. The minimum Gasteiger partial charge on any atom is -0.481 e. The molecule has 90 valence electrons. The largest absolute Gasteiger partial charge is 0.481 e. The smallest absolute Gasteiger partial charge is 0.311 e. The van der Waals surface area contributed by atoms with E-state index in [2.05, 4.69) is 5.10 Å². The normalized spacial score (nSPS) is 14.8. The molecule has 0 amide bonds. The van der Waals surface area contributed by atoms with Crippen LogP contribution in [0, 0.1) is 5.41 Å². The lowest BCUT2D eigenvalue weighted by Gasteiger charge is -2.22. The van der Waals surface area contributed by atoms with Crippen LogP contribution in [0.3, 0.4) is 0 Å². The van der Waals surface area contributed by atoms with Gasteiger partial charge in [-0.3, -0.25) is 9.48 Å². The number of carboxylic acids is 1. The van der Waals surface area contributed by atoms with Crippen molar-refractivity contribution in [1.82, 2.24) is 9.78 Å². The molecule has 0 saturated heterocycles. The molecule has 0 spiro atoms. The number of rotatable bonds is 5. The molecule has 1 aromatic rings. The molecule has 0 aromatic carbocycles. The lowest BCUT2D eigenvalue weighted by atomic mass is 9.85. The van der Waals surface area contributed by atoms with Crippen LogP contribution < -0.4 is 5.73 Å². The van der Waals surface area contributed by atoms with Gasteiger partial charge in [0, 0.05) is 25.7 Å². The molecule has 1 unspecified atom stereocenters. The molecule has 1 rings (SSSR count). The summed E-state index contributed by atoms with van der Waals surface area (Å²) in [6, 6.07) is 1.94. The Morgan fingerprint density at radius 1 is 1.69 bits per heavy atom. The van der Waals surface area contributed by atoms with Crippen LogP contribution in [-0.2, 0) is 24.7 Å². The van der Waals surface area contributed by atoms with Gasteiger partial charge in [0.25, 0.3) is 0 Å². The van der Waals surface area contributed by atoms with E-state index < -0.39 is 11.4 Å². The van der Waals surface area contributed by atoms with Gasteiger partial charge in [-0.15, -0.1) is 0 Å². The Kier molecular flexibility index (Phi) is 3.70. The summed E-state index contributed by atoms with van der Waals surface area (Å²) < 4.78 is 1.73. The van der Waals surface area contributed by atoms with Crippen molar-refractivity contribution in [2.24, 2.45) is 18.2 Å². The molecule has 0 aliphatic carbocycles. The predicted octanol–water partition coefficient (Wildman–Crippen LogP) is 0.575. The van der Waals surface area contributed by atoms with Gasteiger partial charge in [0.05, 0.1) is 11.1 Å². The monoisotopic (exact) mass is 225 g/mol. The molecule has 0 saturated carbocycles. The van der Waals surface area contributed by atoms with Gasteiger partial charge < -0.3 is 10.8 Å². The number of hydrogen-bond acceptors (Lipinski definition) is 3. The van der Waals surface area contributed by atoms with E-state index in [-0.39, 0.29) is 6.54 Å². The molecule has 0 aliphatic heterocycles. The maximum atomic E-state index is 11.1. The topological polar surface area (TPSA) is 81.1 Å². The summed E-state index contributed by atoms with van der Waals surface area (Å²) in [6.07, 6.45) is 1.25. The van der Waals surface area contributed by atoms with Gasteiger partial charge >= 0.3 is 5.97 Å². The van der Waals surface area contributed by atoms with Gasteiger partial charge in [-0.2, -0.15) is 5.10 Å². The van der Waals surface area contributed by atoms with Crippen LogP contribution in [0.4, 0.5) is 0 Å². The first-order valence-corrected chi connectivity index (χ1v) is 5.38. The molecule has 0 bridgehead atoms. The molecule has 5 heteroatoms. The van der Waals surface area contributed by atoms with Gasteiger partial charge in [0.1, 0.15) is 0 Å². The Labute approximate surface area is 95.3 Å². The molecule has 3 N–H and O–H groups in total. The summed E-state index contributed by atoms with van der Waals surface area (Å²) >= 11 is 0. The van der Waals surface area contributed by atoms with E-state index >= 15 is 0 Å². The van der Waals surface area contributed by atoms with Gasteiger partial charge in [0.15, 0.2) is 0 Å². The Balaban J connectivity index is 2.94. The quantitative estimate of drug-likeness (QED) is 0.767. The van der Waals surface area contributed by atoms with Crippen LogP contribution in [0.2, 0.25) is 0 Å². The third-order valence-electron chi connectivity index (χ3n) is 2.93. The second-order valence-corrected chi connectivity index (χ2v) is 4.35. The summed E-state index contributed by atoms with van der Waals surface area (Å²) in [7, 11) is 1.83. The Hall–Kier alpha value is -1.36. The predicted molar refractivity (Wildman–Crippen MR) is 61.1 cm³/mol. The number of hydrogen-bond donors (Lipinski definition) is 2. The zero-order valence-corrected chi connectivity index (χ0v) is 10.0. The van der Waals surface area contributed by atoms with E-state index in [9.17, 15) is 4.79 Å². The Morgan fingerprint density at radius 3 is 2.69 bits per heavy atom. The van der Waals surface area contributed by atoms with Gasteiger partial charge in [-0.05, 0) is 19.4 Å². The average molecular weight is 225 g/mol. The summed E-state index contributed by atoms with van der Waals surface area (Å²) in [4.78, 5) is 11.1. The molecule has 1 aromatic heterocycles. The standard InChI is InChI=1S/C11H19N3O2/c1-4-8-5-9(14(3)13-8)6-11(2,7-12)10(15)16/h5H,4,6-7,12H2,1-3H3,(H,15,16). The van der Waals surface area contributed by atoms with Crippen molar-refractivity contribution in [3.63, 3.8) is 0 Å². The first-order valence-electron chi connectivity index (χ1n) is 5.38. The SMILES string of the molecule is CCc1cc(CC(C)(CN)C(=O)O)n(C)n1. The van der Waals surface area contributed by atoms with Crippen molar-refractivity contribution in [3.8, 4) is 0 Å². The van der Waals surface area contributed by atoms with Crippen molar-refractivity contribution in [3.05, 3.63) is 17.5 Å². The zero-order chi connectivity index (χ0) is 12.3. The summed E-state index contributed by atoms with van der Waals surface area (Å²) in [5.74, 6) is -0.866. The summed E-state index contributed by atoms with van der Waals surface area (Å²) in [5.41, 5.74) is 6.50. The van der Waals surface area contributed by atoms with E-state index in [4.69, 9.17) is 10.8 Å². The highest BCUT2D eigenvalue weighted by Gasteiger charge is 2.32. The fourth-order valence-corrected chi connectivity index (χ4v) is 1.54. The van der Waals surface area contributed by atoms with Crippen molar-refractivity contribution < 1.29 is 9.90 Å². The second-order valence-electron chi connectivity index (χ2n) is 4.35. The van der Waals surface area contributed by atoms with Crippen LogP contribution in [0.1, 0.15) is 25.2 Å². The third kappa shape index (κ3) is 2.41. The maximum absolute atomic E-state index is 11.1. The molecule has 0 aliphatic rings. The van der Waals surface area contributed by atoms with Crippen molar-refractivity contribution in [2.45, 2.75) is 26.7 Å². The van der Waals surface area contributed by atoms with E-state index in [1.807, 2.05) is 20.0 Å². The number of nitrogens with two attached hydrogens (primary N) is 1. The highest BCUT2D eigenvalue weighted by atomic mass is 16.4. The third-order valence-corrected chi connectivity index (χ3v) is 2.93. The van der Waals surface area contributed by atoms with Gasteiger partial charge in [0.2, 0.25) is 0 Å². The number of aromatic nitrogens is 2. The van der Waals surface area contributed by atoms with Crippen molar-refractivity contribution in [1.29, 1.82) is 0 Å². The lowest BCUT2D eigenvalue weighted by molar-refractivity contribution is -0.147. The van der Waals surface area contributed by atoms with Crippen molar-refractivity contribution in [2.75, 3.05) is 6.54 Å². The molecular formula is C11H19N3O2. The molecule has 1 heterocycles. The summed E-state index contributed by atoms with van der Waals surface area (Å²) in [5, 5.41) is 13.4. The number of aryl methyl sites for hydroxylation is 2. The van der Waals surface area contributed by atoms with E-state index in [1.54, 1.807) is 11.6 Å². The highest BCUT2D eigenvalue weighted by Crippen LogP contribution is 2.22. The van der Waals surface area contributed by atoms with Crippen LogP contribution >= 0.6 is 0 Å². The van der Waals surface area contributed by atoms with Crippen LogP contribution in [0.25, 0.3) is 0 Å². The number of carboxylic acid groups (broad SMARTS) is 1. The molecule has 0 radical (unpaired) electrons.